The number of nitrogens with two attached hydrogens (primary N) is 1. The van der Waals surface area contributed by atoms with Crippen LogP contribution in [-0.2, 0) is 39.9 Å². The lowest BCUT2D eigenvalue weighted by Gasteiger charge is -2.23. The van der Waals surface area contributed by atoms with Gasteiger partial charge in [0.05, 0.1) is 19.7 Å². The summed E-state index contributed by atoms with van der Waals surface area (Å²) in [5.41, 5.74) is 7.16. The Bertz CT molecular complexity index is 789. The van der Waals surface area contributed by atoms with E-state index < -0.39 is 11.9 Å². The van der Waals surface area contributed by atoms with E-state index in [1.54, 1.807) is 30.2 Å². The molecule has 0 aliphatic rings. The number of carbonyl (C=O) groups is 3. The van der Waals surface area contributed by atoms with Crippen molar-refractivity contribution in [3.8, 4) is 0 Å². The van der Waals surface area contributed by atoms with Crippen LogP contribution >= 0.6 is 0 Å². The van der Waals surface area contributed by atoms with E-state index in [2.05, 4.69) is 4.74 Å². The maximum atomic E-state index is 12.9. The number of benzene rings is 1. The molecule has 1 amide bonds. The molecule has 0 atom stereocenters. The smallest absolute Gasteiger partial charge is 0.332 e. The number of ether oxygens (including phenoxy) is 4. The van der Waals surface area contributed by atoms with Crippen LogP contribution in [-0.4, -0.2) is 81.9 Å². The average Bonchev–Trinajstić information content (AvgIpc) is 2.77. The summed E-state index contributed by atoms with van der Waals surface area (Å²) >= 11 is 0. The Balaban J connectivity index is 2.64. The number of hydrogen-bond acceptors (Lipinski definition) is 9. The number of esters is 2. The number of carbonyl (C=O) groups excluding carboxylic acids is 4. The van der Waals surface area contributed by atoms with Gasteiger partial charge >= 0.3 is 11.9 Å². The lowest BCUT2D eigenvalue weighted by Crippen LogP contribution is -2.37. The van der Waals surface area contributed by atoms with E-state index in [0.29, 0.717) is 11.1 Å². The van der Waals surface area contributed by atoms with Gasteiger partial charge in [0, 0.05) is 24.8 Å². The van der Waals surface area contributed by atoms with Gasteiger partial charge in [0.2, 0.25) is 0 Å². The van der Waals surface area contributed by atoms with Gasteiger partial charge in [-0.3, -0.25) is 4.79 Å². The van der Waals surface area contributed by atoms with E-state index >= 15 is 0 Å². The number of rotatable bonds is 14. The molecule has 1 aromatic carbocycles. The minimum absolute atomic E-state index is 0.0203. The largest absolute Gasteiger partial charge is 0.462 e. The van der Waals surface area contributed by atoms with E-state index in [1.165, 1.54) is 18.9 Å². The first-order chi connectivity index (χ1) is 14.9. The molecule has 0 spiro atoms. The van der Waals surface area contributed by atoms with Crippen LogP contribution in [0.3, 0.4) is 0 Å². The van der Waals surface area contributed by atoms with Crippen molar-refractivity contribution >= 4 is 23.8 Å². The van der Waals surface area contributed by atoms with Gasteiger partial charge in [-0.15, -0.1) is 0 Å². The third-order valence-corrected chi connectivity index (χ3v) is 3.92. The minimum atomic E-state index is -0.636. The summed E-state index contributed by atoms with van der Waals surface area (Å²) in [6.07, 6.45) is 0. The molecule has 0 aliphatic carbocycles. The summed E-state index contributed by atoms with van der Waals surface area (Å²) < 4.78 is 19.8. The van der Waals surface area contributed by atoms with Crippen LogP contribution in [0.15, 0.2) is 29.8 Å². The predicted octanol–water partition coefficient (Wildman–Crippen LogP) is 0.115. The maximum Gasteiger partial charge on any atom is 0.332 e. The summed E-state index contributed by atoms with van der Waals surface area (Å²) in [7, 11) is 1.37. The zero-order valence-electron chi connectivity index (χ0n) is 17.8. The van der Waals surface area contributed by atoms with Crippen molar-refractivity contribution in [2.45, 2.75) is 13.5 Å². The Kier molecular flexibility index (Phi) is 12.5. The summed E-state index contributed by atoms with van der Waals surface area (Å²) in [4.78, 5) is 47.8. The number of nitrogens with zero attached hydrogens (tertiary/aromatic N) is 1. The van der Waals surface area contributed by atoms with Crippen molar-refractivity contribution in [2.75, 3.05) is 53.2 Å². The van der Waals surface area contributed by atoms with Crippen LogP contribution in [0.25, 0.3) is 0 Å². The van der Waals surface area contributed by atoms with Crippen molar-refractivity contribution in [1.29, 1.82) is 0 Å². The van der Waals surface area contributed by atoms with E-state index in [0.717, 1.165) is 5.56 Å². The van der Waals surface area contributed by atoms with Crippen LogP contribution < -0.4 is 5.73 Å². The number of amides is 1. The Morgan fingerprint density at radius 2 is 1.68 bits per heavy atom. The molecule has 0 bridgehead atoms. The van der Waals surface area contributed by atoms with Gasteiger partial charge < -0.3 is 29.6 Å². The Labute approximate surface area is 180 Å². The van der Waals surface area contributed by atoms with E-state index in [-0.39, 0.29) is 58.6 Å². The lowest BCUT2D eigenvalue weighted by atomic mass is 10.1. The predicted molar refractivity (Wildman–Crippen MR) is 110 cm³/mol. The summed E-state index contributed by atoms with van der Waals surface area (Å²) in [6, 6.07) is 6.85. The Morgan fingerprint density at radius 3 is 2.26 bits per heavy atom. The second-order valence-corrected chi connectivity index (χ2v) is 6.45. The second-order valence-electron chi connectivity index (χ2n) is 6.45. The molecule has 0 unspecified atom stereocenters. The highest BCUT2D eigenvalue weighted by Gasteiger charge is 2.17. The van der Waals surface area contributed by atoms with Crippen molar-refractivity contribution in [2.24, 2.45) is 5.73 Å². The fourth-order valence-electron chi connectivity index (χ4n) is 2.39. The van der Waals surface area contributed by atoms with Crippen LogP contribution in [0.4, 0.5) is 0 Å². The minimum Gasteiger partial charge on any atom is -0.462 e. The summed E-state index contributed by atoms with van der Waals surface area (Å²) in [5.74, 6) is 0.151. The topological polar surface area (TPSA) is 134 Å². The lowest BCUT2D eigenvalue weighted by molar-refractivity contribution is -0.149. The number of methoxy groups -OCH3 is 1. The molecule has 170 valence electrons. The third-order valence-electron chi connectivity index (χ3n) is 3.92. The maximum absolute atomic E-state index is 12.9. The Hall–Kier alpha value is -3.04. The number of hydrogen-bond donors (Lipinski definition) is 1. The molecular formula is C21H28N2O8. The van der Waals surface area contributed by atoms with Crippen molar-refractivity contribution in [3.05, 3.63) is 41.0 Å². The van der Waals surface area contributed by atoms with Crippen LogP contribution in [0.5, 0.6) is 0 Å². The van der Waals surface area contributed by atoms with Crippen LogP contribution in [0.1, 0.15) is 22.8 Å². The molecule has 0 saturated carbocycles. The molecule has 0 fully saturated rings. The summed E-state index contributed by atoms with van der Waals surface area (Å²) in [6.45, 7) is 1.31. The molecule has 0 saturated heterocycles. The highest BCUT2D eigenvalue weighted by atomic mass is 16.6. The van der Waals surface area contributed by atoms with Gasteiger partial charge in [-0.25, -0.2) is 14.4 Å². The standard InChI is InChI=1S/C21H28N2O8/c1-16(12-24)13-29-15-20(26)31-9-7-23(6-8-30-19(25)14-28-2)21(27)18-5-3-4-17(10-18)11-22/h3-5,10H,6-9,11,13-15,22H2,1-2H3. The first-order valence-electron chi connectivity index (χ1n) is 9.58. The van der Waals surface area contributed by atoms with Gasteiger partial charge in [-0.2, -0.15) is 0 Å². The Morgan fingerprint density at radius 1 is 1.03 bits per heavy atom. The van der Waals surface area contributed by atoms with Gasteiger partial charge in [-0.05, 0) is 24.6 Å². The van der Waals surface area contributed by atoms with E-state index in [4.69, 9.17) is 19.9 Å². The molecule has 0 aromatic heterocycles. The van der Waals surface area contributed by atoms with E-state index in [1.807, 2.05) is 0 Å². The highest BCUT2D eigenvalue weighted by molar-refractivity contribution is 5.94. The quantitative estimate of drug-likeness (QED) is 0.318. The van der Waals surface area contributed by atoms with E-state index in [9.17, 15) is 19.2 Å². The normalized spacial score (nSPS) is 10.2. The zero-order valence-corrected chi connectivity index (χ0v) is 17.8. The molecule has 31 heavy (non-hydrogen) atoms. The SMILES string of the molecule is COCC(=O)OCCN(CCOC(=O)COCC(C)=C=O)C(=O)c1cccc(CN)c1. The first kappa shape index (κ1) is 26.0. The molecule has 10 heteroatoms. The molecular weight excluding hydrogens is 408 g/mol. The summed E-state index contributed by atoms with van der Waals surface area (Å²) in [5, 5.41) is 0. The fraction of sp³-hybridized carbons (Fsp3) is 0.476. The monoisotopic (exact) mass is 436 g/mol. The van der Waals surface area contributed by atoms with Crippen molar-refractivity contribution in [3.63, 3.8) is 0 Å². The van der Waals surface area contributed by atoms with Crippen LogP contribution in [0, 0.1) is 0 Å². The molecule has 10 nitrogen and oxygen atoms in total. The van der Waals surface area contributed by atoms with Crippen molar-refractivity contribution in [1.82, 2.24) is 4.90 Å². The van der Waals surface area contributed by atoms with Crippen LogP contribution in [0.2, 0.25) is 0 Å². The third kappa shape index (κ3) is 10.5. The molecule has 0 aliphatic heterocycles. The van der Waals surface area contributed by atoms with Gasteiger partial charge in [-0.1, -0.05) is 12.1 Å². The molecule has 0 radical (unpaired) electrons. The molecule has 0 heterocycles. The average molecular weight is 436 g/mol. The zero-order chi connectivity index (χ0) is 23.1. The fourth-order valence-corrected chi connectivity index (χ4v) is 2.39. The van der Waals surface area contributed by atoms with Gasteiger partial charge in [0.15, 0.2) is 0 Å². The van der Waals surface area contributed by atoms with Gasteiger partial charge in [0.25, 0.3) is 5.91 Å². The molecule has 1 rings (SSSR count). The second kappa shape index (κ2) is 14.9. The highest BCUT2D eigenvalue weighted by Crippen LogP contribution is 2.09. The van der Waals surface area contributed by atoms with Crippen molar-refractivity contribution < 1.29 is 38.1 Å². The molecule has 1 aromatic rings. The molecule has 2 N–H and O–H groups in total. The first-order valence-corrected chi connectivity index (χ1v) is 9.58. The van der Waals surface area contributed by atoms with Gasteiger partial charge in [0.1, 0.15) is 32.4 Å².